The van der Waals surface area contributed by atoms with E-state index in [0.717, 1.165) is 29.8 Å². The van der Waals surface area contributed by atoms with Gasteiger partial charge in [-0.25, -0.2) is 0 Å². The molecular formula is C11H14BrNO. The van der Waals surface area contributed by atoms with Gasteiger partial charge in [-0.15, -0.1) is 0 Å². The van der Waals surface area contributed by atoms with E-state index in [1.54, 1.807) is 0 Å². The smallest absolute Gasteiger partial charge is 0.123 e. The zero-order valence-electron chi connectivity index (χ0n) is 8.22. The number of ether oxygens (including phenoxy) is 1. The number of hydrogen-bond donors (Lipinski definition) is 1. The molecule has 0 aliphatic carbocycles. The van der Waals surface area contributed by atoms with E-state index in [4.69, 9.17) is 4.74 Å². The predicted molar refractivity (Wildman–Crippen MR) is 60.8 cm³/mol. The summed E-state index contributed by atoms with van der Waals surface area (Å²) in [6.07, 6.45) is 1.07. The van der Waals surface area contributed by atoms with Crippen LogP contribution in [0.4, 0.5) is 0 Å². The summed E-state index contributed by atoms with van der Waals surface area (Å²) in [5.74, 6) is 1.02. The van der Waals surface area contributed by atoms with Gasteiger partial charge in [-0.1, -0.05) is 28.9 Å². The molecule has 1 aliphatic heterocycles. The Bertz CT molecular complexity index is 327. The fourth-order valence-electron chi connectivity index (χ4n) is 1.77. The molecule has 1 aromatic rings. The van der Waals surface area contributed by atoms with Crippen LogP contribution in [0.25, 0.3) is 0 Å². The first-order valence-corrected chi connectivity index (χ1v) is 5.73. The third-order valence-corrected chi connectivity index (χ3v) is 2.92. The van der Waals surface area contributed by atoms with Crippen LogP contribution in [0.15, 0.2) is 22.7 Å². The Morgan fingerprint density at radius 2 is 2.43 bits per heavy atom. The number of halogens is 1. The Labute approximate surface area is 92.8 Å². The fraction of sp³-hybridized carbons (Fsp3) is 0.455. The molecule has 0 saturated carbocycles. The van der Waals surface area contributed by atoms with E-state index < -0.39 is 0 Å². The van der Waals surface area contributed by atoms with E-state index in [0.29, 0.717) is 6.04 Å². The SMILES string of the molecule is CCNC1COc2cc(Br)ccc2C1. The molecule has 2 nitrogen and oxygen atoms in total. The van der Waals surface area contributed by atoms with Crippen LogP contribution in [0.5, 0.6) is 5.75 Å². The van der Waals surface area contributed by atoms with E-state index in [-0.39, 0.29) is 0 Å². The second-order valence-corrected chi connectivity index (χ2v) is 4.44. The minimum Gasteiger partial charge on any atom is -0.492 e. The molecule has 14 heavy (non-hydrogen) atoms. The zero-order valence-corrected chi connectivity index (χ0v) is 9.80. The van der Waals surface area contributed by atoms with Gasteiger partial charge in [0, 0.05) is 10.5 Å². The number of fused-ring (bicyclic) bond motifs is 1. The predicted octanol–water partition coefficient (Wildman–Crippen LogP) is 2.36. The van der Waals surface area contributed by atoms with Crippen LogP contribution < -0.4 is 10.1 Å². The summed E-state index contributed by atoms with van der Waals surface area (Å²) in [4.78, 5) is 0. The van der Waals surface area contributed by atoms with Crippen molar-refractivity contribution < 1.29 is 4.74 Å². The average molecular weight is 256 g/mol. The van der Waals surface area contributed by atoms with Gasteiger partial charge in [0.1, 0.15) is 12.4 Å². The monoisotopic (exact) mass is 255 g/mol. The topological polar surface area (TPSA) is 21.3 Å². The van der Waals surface area contributed by atoms with E-state index in [2.05, 4.69) is 40.3 Å². The highest BCUT2D eigenvalue weighted by molar-refractivity contribution is 9.10. The number of rotatable bonds is 2. The quantitative estimate of drug-likeness (QED) is 0.877. The third kappa shape index (κ3) is 2.10. The molecule has 76 valence electrons. The highest BCUT2D eigenvalue weighted by Gasteiger charge is 2.18. The molecule has 0 amide bonds. The van der Waals surface area contributed by atoms with E-state index in [9.17, 15) is 0 Å². The lowest BCUT2D eigenvalue weighted by molar-refractivity contribution is 0.240. The van der Waals surface area contributed by atoms with Gasteiger partial charge < -0.3 is 10.1 Å². The summed E-state index contributed by atoms with van der Waals surface area (Å²) in [6.45, 7) is 3.90. The first-order chi connectivity index (χ1) is 6.79. The van der Waals surface area contributed by atoms with E-state index >= 15 is 0 Å². The number of nitrogens with one attached hydrogen (secondary N) is 1. The second kappa shape index (κ2) is 4.32. The van der Waals surface area contributed by atoms with Crippen molar-refractivity contribution >= 4 is 15.9 Å². The largest absolute Gasteiger partial charge is 0.492 e. The molecule has 2 rings (SSSR count). The lowest BCUT2D eigenvalue weighted by Gasteiger charge is -2.25. The fourth-order valence-corrected chi connectivity index (χ4v) is 2.11. The van der Waals surface area contributed by atoms with Crippen molar-refractivity contribution in [1.82, 2.24) is 5.32 Å². The van der Waals surface area contributed by atoms with Gasteiger partial charge in [0.25, 0.3) is 0 Å². The lowest BCUT2D eigenvalue weighted by atomic mass is 10.0. The standard InChI is InChI=1S/C11H14BrNO/c1-2-13-10-5-8-3-4-9(12)6-11(8)14-7-10/h3-4,6,10,13H,2,5,7H2,1H3. The summed E-state index contributed by atoms with van der Waals surface area (Å²) in [5, 5.41) is 3.40. The van der Waals surface area contributed by atoms with Gasteiger partial charge in [-0.2, -0.15) is 0 Å². The second-order valence-electron chi connectivity index (χ2n) is 3.52. The van der Waals surface area contributed by atoms with Crippen molar-refractivity contribution in [3.63, 3.8) is 0 Å². The summed E-state index contributed by atoms with van der Waals surface area (Å²) in [6, 6.07) is 6.70. The molecule has 1 aromatic carbocycles. The summed E-state index contributed by atoms with van der Waals surface area (Å²) in [5.41, 5.74) is 1.30. The molecule has 0 fully saturated rings. The van der Waals surface area contributed by atoms with Crippen molar-refractivity contribution in [2.75, 3.05) is 13.2 Å². The van der Waals surface area contributed by atoms with Crippen molar-refractivity contribution in [2.45, 2.75) is 19.4 Å². The molecule has 0 saturated heterocycles. The summed E-state index contributed by atoms with van der Waals surface area (Å²) in [7, 11) is 0. The van der Waals surface area contributed by atoms with Crippen LogP contribution in [-0.4, -0.2) is 19.2 Å². The van der Waals surface area contributed by atoms with E-state index in [1.807, 2.05) is 6.07 Å². The first-order valence-electron chi connectivity index (χ1n) is 4.94. The molecule has 1 N–H and O–H groups in total. The maximum atomic E-state index is 5.68. The minimum absolute atomic E-state index is 0.466. The van der Waals surface area contributed by atoms with Crippen LogP contribution in [0, 0.1) is 0 Å². The molecule has 0 bridgehead atoms. The maximum absolute atomic E-state index is 5.68. The van der Waals surface area contributed by atoms with Crippen molar-refractivity contribution in [3.8, 4) is 5.75 Å². The molecule has 0 spiro atoms. The number of benzene rings is 1. The van der Waals surface area contributed by atoms with Gasteiger partial charge in [-0.3, -0.25) is 0 Å². The van der Waals surface area contributed by atoms with Crippen LogP contribution in [0.1, 0.15) is 12.5 Å². The average Bonchev–Trinajstić information content (AvgIpc) is 2.19. The van der Waals surface area contributed by atoms with Crippen molar-refractivity contribution in [3.05, 3.63) is 28.2 Å². The normalized spacial score (nSPS) is 20.0. The molecule has 3 heteroatoms. The van der Waals surface area contributed by atoms with Crippen LogP contribution in [-0.2, 0) is 6.42 Å². The van der Waals surface area contributed by atoms with Crippen molar-refractivity contribution in [2.24, 2.45) is 0 Å². The Hall–Kier alpha value is -0.540. The molecular weight excluding hydrogens is 242 g/mol. The molecule has 1 atom stereocenters. The highest BCUT2D eigenvalue weighted by Crippen LogP contribution is 2.27. The van der Waals surface area contributed by atoms with Gasteiger partial charge in [0.2, 0.25) is 0 Å². The van der Waals surface area contributed by atoms with Gasteiger partial charge in [-0.05, 0) is 30.7 Å². The number of likely N-dealkylation sites (N-methyl/N-ethyl adjacent to an activating group) is 1. The zero-order chi connectivity index (χ0) is 9.97. The Kier molecular flexibility index (Phi) is 3.08. The molecule has 1 heterocycles. The molecule has 1 unspecified atom stereocenters. The minimum atomic E-state index is 0.466. The molecule has 1 aliphatic rings. The molecule has 0 aromatic heterocycles. The van der Waals surface area contributed by atoms with Crippen LogP contribution in [0.2, 0.25) is 0 Å². The van der Waals surface area contributed by atoms with Gasteiger partial charge in [0.05, 0.1) is 0 Å². The van der Waals surface area contributed by atoms with Crippen molar-refractivity contribution in [1.29, 1.82) is 0 Å². The first kappa shape index (κ1) is 9.99. The van der Waals surface area contributed by atoms with Crippen LogP contribution in [0.3, 0.4) is 0 Å². The summed E-state index contributed by atoms with van der Waals surface area (Å²) >= 11 is 3.44. The number of hydrogen-bond acceptors (Lipinski definition) is 2. The van der Waals surface area contributed by atoms with Gasteiger partial charge >= 0.3 is 0 Å². The van der Waals surface area contributed by atoms with E-state index in [1.165, 1.54) is 5.56 Å². The lowest BCUT2D eigenvalue weighted by Crippen LogP contribution is -2.39. The Morgan fingerprint density at radius 3 is 3.21 bits per heavy atom. The van der Waals surface area contributed by atoms with Crippen LogP contribution >= 0.6 is 15.9 Å². The highest BCUT2D eigenvalue weighted by atomic mass is 79.9. The maximum Gasteiger partial charge on any atom is 0.123 e. The third-order valence-electron chi connectivity index (χ3n) is 2.43. The summed E-state index contributed by atoms with van der Waals surface area (Å²) < 4.78 is 6.76. The Morgan fingerprint density at radius 1 is 1.57 bits per heavy atom. The molecule has 0 radical (unpaired) electrons. The Balaban J connectivity index is 2.15. The van der Waals surface area contributed by atoms with Gasteiger partial charge in [0.15, 0.2) is 0 Å².